The Bertz CT molecular complexity index is 641. The third-order valence-electron chi connectivity index (χ3n) is 3.20. The van der Waals surface area contributed by atoms with Crippen LogP contribution in [0.4, 0.5) is 8.78 Å². The lowest BCUT2D eigenvalue weighted by Crippen LogP contribution is -2.32. The highest BCUT2D eigenvalue weighted by Crippen LogP contribution is 2.29. The van der Waals surface area contributed by atoms with Crippen LogP contribution in [0.2, 0.25) is 5.02 Å². The molecule has 0 saturated heterocycles. The normalized spacial score (nSPS) is 18.4. The molecular formula is C12H11ClF2N4. The predicted octanol–water partition coefficient (Wildman–Crippen LogP) is 2.54. The summed E-state index contributed by atoms with van der Waals surface area (Å²) < 4.78 is 29.2. The Morgan fingerprint density at radius 1 is 1.32 bits per heavy atom. The minimum absolute atomic E-state index is 0.0372. The molecule has 0 radical (unpaired) electrons. The van der Waals surface area contributed by atoms with Gasteiger partial charge in [-0.05, 0) is 19.1 Å². The highest BCUT2D eigenvalue weighted by Gasteiger charge is 2.24. The first-order chi connectivity index (χ1) is 9.08. The summed E-state index contributed by atoms with van der Waals surface area (Å²) in [6.07, 6.45) is 0. The predicted molar refractivity (Wildman–Crippen MR) is 66.8 cm³/mol. The first-order valence-electron chi connectivity index (χ1n) is 5.89. The van der Waals surface area contributed by atoms with Crippen molar-refractivity contribution in [3.05, 3.63) is 34.6 Å². The van der Waals surface area contributed by atoms with Crippen molar-refractivity contribution in [2.45, 2.75) is 19.5 Å². The summed E-state index contributed by atoms with van der Waals surface area (Å²) in [4.78, 5) is 0. The number of hydrogen-bond acceptors (Lipinski definition) is 3. The third kappa shape index (κ3) is 2.01. The summed E-state index contributed by atoms with van der Waals surface area (Å²) in [7, 11) is 0. The Morgan fingerprint density at radius 3 is 2.89 bits per heavy atom. The van der Waals surface area contributed by atoms with E-state index in [1.54, 1.807) is 4.57 Å². The fourth-order valence-corrected chi connectivity index (χ4v) is 2.38. The lowest BCUT2D eigenvalue weighted by Gasteiger charge is -2.22. The van der Waals surface area contributed by atoms with E-state index in [1.165, 1.54) is 0 Å². The van der Waals surface area contributed by atoms with Gasteiger partial charge in [-0.1, -0.05) is 11.6 Å². The fraction of sp³-hybridized carbons (Fsp3) is 0.333. The molecule has 2 aromatic rings. The van der Waals surface area contributed by atoms with E-state index in [9.17, 15) is 8.78 Å². The number of nitrogens with zero attached hydrogens (tertiary/aromatic N) is 3. The first-order valence-corrected chi connectivity index (χ1v) is 6.27. The van der Waals surface area contributed by atoms with Gasteiger partial charge in [-0.25, -0.2) is 8.78 Å². The van der Waals surface area contributed by atoms with E-state index in [0.29, 0.717) is 12.4 Å². The van der Waals surface area contributed by atoms with Gasteiger partial charge in [-0.3, -0.25) is 0 Å². The minimum Gasteiger partial charge on any atom is -0.308 e. The van der Waals surface area contributed by atoms with Crippen molar-refractivity contribution in [2.24, 2.45) is 0 Å². The van der Waals surface area contributed by atoms with Gasteiger partial charge in [0.25, 0.3) is 0 Å². The van der Waals surface area contributed by atoms with E-state index in [1.807, 2.05) is 6.92 Å². The van der Waals surface area contributed by atoms with Crippen molar-refractivity contribution in [1.82, 2.24) is 20.1 Å². The van der Waals surface area contributed by atoms with Gasteiger partial charge in [0.15, 0.2) is 5.82 Å². The lowest BCUT2D eigenvalue weighted by atomic mass is 10.1. The number of fused-ring (bicyclic) bond motifs is 1. The molecule has 0 bridgehead atoms. The maximum atomic E-state index is 13.9. The number of nitrogens with one attached hydrogen (secondary N) is 1. The van der Waals surface area contributed by atoms with E-state index >= 15 is 0 Å². The second-order valence-corrected chi connectivity index (χ2v) is 4.86. The van der Waals surface area contributed by atoms with Crippen LogP contribution >= 0.6 is 11.6 Å². The van der Waals surface area contributed by atoms with Gasteiger partial charge in [-0.2, -0.15) is 0 Å². The molecule has 1 aromatic carbocycles. The average Bonchev–Trinajstić information content (AvgIpc) is 2.79. The third-order valence-corrected chi connectivity index (χ3v) is 3.49. The van der Waals surface area contributed by atoms with Gasteiger partial charge in [0.1, 0.15) is 17.5 Å². The molecule has 0 amide bonds. The Morgan fingerprint density at radius 2 is 2.11 bits per heavy atom. The number of rotatable bonds is 1. The summed E-state index contributed by atoms with van der Waals surface area (Å²) in [6.45, 7) is 3.30. The maximum Gasteiger partial charge on any atom is 0.167 e. The summed E-state index contributed by atoms with van der Waals surface area (Å²) >= 11 is 5.55. The molecule has 1 aliphatic heterocycles. The van der Waals surface area contributed by atoms with Crippen molar-refractivity contribution in [1.29, 1.82) is 0 Å². The Kier molecular flexibility index (Phi) is 2.99. The van der Waals surface area contributed by atoms with E-state index in [2.05, 4.69) is 15.5 Å². The highest BCUT2D eigenvalue weighted by molar-refractivity contribution is 6.30. The fourth-order valence-electron chi connectivity index (χ4n) is 2.23. The largest absolute Gasteiger partial charge is 0.308 e. The molecule has 0 saturated carbocycles. The Hall–Kier alpha value is -1.53. The number of hydrogen-bond donors (Lipinski definition) is 1. The maximum absolute atomic E-state index is 13.9. The first kappa shape index (κ1) is 12.5. The summed E-state index contributed by atoms with van der Waals surface area (Å²) in [5.74, 6) is -0.224. The second kappa shape index (κ2) is 4.54. The van der Waals surface area contributed by atoms with Gasteiger partial charge >= 0.3 is 0 Å². The molecule has 2 heterocycles. The van der Waals surface area contributed by atoms with Crippen LogP contribution in [0, 0.1) is 11.6 Å². The Balaban J connectivity index is 2.16. The lowest BCUT2D eigenvalue weighted by molar-refractivity contribution is 0.438. The molecule has 4 nitrogen and oxygen atoms in total. The molecular weight excluding hydrogens is 274 g/mol. The zero-order valence-corrected chi connectivity index (χ0v) is 10.9. The molecule has 1 N–H and O–H groups in total. The SMILES string of the molecule is CC1NCCn2c(-c3cc(F)c(Cl)cc3F)nnc21. The quantitative estimate of drug-likeness (QED) is 0.819. The van der Waals surface area contributed by atoms with E-state index in [0.717, 1.165) is 24.5 Å². The Labute approximate surface area is 113 Å². The molecule has 0 fully saturated rings. The van der Waals surface area contributed by atoms with Gasteiger partial charge in [-0.15, -0.1) is 10.2 Å². The summed E-state index contributed by atoms with van der Waals surface area (Å²) in [5, 5.41) is 11.0. The van der Waals surface area contributed by atoms with Gasteiger partial charge < -0.3 is 9.88 Å². The molecule has 1 atom stereocenters. The zero-order valence-electron chi connectivity index (χ0n) is 10.1. The van der Waals surface area contributed by atoms with Crippen molar-refractivity contribution in [3.8, 4) is 11.4 Å². The highest BCUT2D eigenvalue weighted by atomic mass is 35.5. The van der Waals surface area contributed by atoms with Crippen LogP contribution in [-0.2, 0) is 6.54 Å². The number of halogens is 3. The molecule has 0 aliphatic carbocycles. The van der Waals surface area contributed by atoms with Crippen LogP contribution in [0.15, 0.2) is 12.1 Å². The van der Waals surface area contributed by atoms with E-state index in [4.69, 9.17) is 11.6 Å². The molecule has 19 heavy (non-hydrogen) atoms. The monoisotopic (exact) mass is 284 g/mol. The molecule has 1 unspecified atom stereocenters. The average molecular weight is 285 g/mol. The topological polar surface area (TPSA) is 42.7 Å². The van der Waals surface area contributed by atoms with Crippen molar-refractivity contribution in [2.75, 3.05) is 6.54 Å². The molecule has 3 rings (SSSR count). The molecule has 1 aromatic heterocycles. The number of aromatic nitrogens is 3. The smallest absolute Gasteiger partial charge is 0.167 e. The minimum atomic E-state index is -0.669. The van der Waals surface area contributed by atoms with E-state index in [-0.39, 0.29) is 16.6 Å². The van der Waals surface area contributed by atoms with Crippen LogP contribution in [0.5, 0.6) is 0 Å². The van der Waals surface area contributed by atoms with Crippen molar-refractivity contribution < 1.29 is 8.78 Å². The van der Waals surface area contributed by atoms with Crippen LogP contribution in [0.1, 0.15) is 18.8 Å². The van der Waals surface area contributed by atoms with Crippen molar-refractivity contribution >= 4 is 11.6 Å². The van der Waals surface area contributed by atoms with Gasteiger partial charge in [0.05, 0.1) is 16.6 Å². The summed E-state index contributed by atoms with van der Waals surface area (Å²) in [6, 6.07) is 2.05. The van der Waals surface area contributed by atoms with Gasteiger partial charge in [0, 0.05) is 13.1 Å². The van der Waals surface area contributed by atoms with Crippen LogP contribution < -0.4 is 5.32 Å². The number of benzene rings is 1. The second-order valence-electron chi connectivity index (χ2n) is 4.46. The molecule has 0 spiro atoms. The van der Waals surface area contributed by atoms with Crippen LogP contribution in [0.3, 0.4) is 0 Å². The van der Waals surface area contributed by atoms with E-state index < -0.39 is 11.6 Å². The van der Waals surface area contributed by atoms with Crippen LogP contribution in [0.25, 0.3) is 11.4 Å². The van der Waals surface area contributed by atoms with Gasteiger partial charge in [0.2, 0.25) is 0 Å². The molecule has 100 valence electrons. The van der Waals surface area contributed by atoms with Crippen LogP contribution in [-0.4, -0.2) is 21.3 Å². The van der Waals surface area contributed by atoms with Crippen molar-refractivity contribution in [3.63, 3.8) is 0 Å². The standard InChI is InChI=1S/C12H11ClF2N4/c1-6-11-17-18-12(19(11)3-2-16-6)7-4-10(15)8(13)5-9(7)14/h4-6,16H,2-3H2,1H3. The molecule has 7 heteroatoms. The summed E-state index contributed by atoms with van der Waals surface area (Å²) in [5.41, 5.74) is 0.0785. The molecule has 1 aliphatic rings. The zero-order chi connectivity index (χ0) is 13.6.